The minimum atomic E-state index is 0.380. The second-order valence-corrected chi connectivity index (χ2v) is 8.33. The number of ether oxygens (including phenoxy) is 1. The van der Waals surface area contributed by atoms with E-state index in [1.54, 1.807) is 4.68 Å². The summed E-state index contributed by atoms with van der Waals surface area (Å²) in [4.78, 5) is 0. The Morgan fingerprint density at radius 1 is 0.909 bits per heavy atom. The number of hydrogen-bond donors (Lipinski definition) is 2. The number of rotatable bonds is 7. The Bertz CT molecular complexity index is 1460. The molecule has 0 saturated carbocycles. The lowest BCUT2D eigenvalue weighted by atomic mass is 10.0. The Labute approximate surface area is 201 Å². The minimum Gasteiger partial charge on any atom is -0.488 e. The molecule has 0 unspecified atom stereocenters. The number of H-pyrrole nitrogens is 1. The van der Waals surface area contributed by atoms with Crippen molar-refractivity contribution in [1.82, 2.24) is 14.9 Å². The smallest absolute Gasteiger partial charge is 0.214 e. The summed E-state index contributed by atoms with van der Waals surface area (Å²) in [5, 5.41) is 10.2. The molecule has 0 aliphatic rings. The molecule has 0 fully saturated rings. The van der Waals surface area contributed by atoms with Gasteiger partial charge >= 0.3 is 0 Å². The number of aromatic amines is 1. The molecular formula is C26H21ClN4OS. The third-order valence-corrected chi connectivity index (χ3v) is 6.10. The van der Waals surface area contributed by atoms with E-state index >= 15 is 0 Å². The van der Waals surface area contributed by atoms with E-state index in [1.807, 2.05) is 72.8 Å². The van der Waals surface area contributed by atoms with Gasteiger partial charge in [-0.05, 0) is 35.1 Å². The molecule has 0 aliphatic carbocycles. The van der Waals surface area contributed by atoms with E-state index in [1.165, 1.54) is 0 Å². The highest BCUT2D eigenvalue weighted by Crippen LogP contribution is 2.30. The van der Waals surface area contributed by atoms with Crippen molar-refractivity contribution in [3.05, 3.63) is 112 Å². The van der Waals surface area contributed by atoms with Gasteiger partial charge in [-0.25, -0.2) is 9.77 Å². The average Bonchev–Trinajstić information content (AvgIpc) is 3.23. The minimum absolute atomic E-state index is 0.380. The summed E-state index contributed by atoms with van der Waals surface area (Å²) in [5.74, 6) is 1.51. The molecule has 0 spiro atoms. The van der Waals surface area contributed by atoms with E-state index in [4.69, 9.17) is 28.6 Å². The van der Waals surface area contributed by atoms with Gasteiger partial charge in [-0.2, -0.15) is 5.10 Å². The molecule has 0 saturated heterocycles. The van der Waals surface area contributed by atoms with Crippen LogP contribution in [0.4, 0.5) is 0 Å². The second-order valence-electron chi connectivity index (χ2n) is 7.53. The Hall–Kier alpha value is -3.61. The average molecular weight is 473 g/mol. The highest BCUT2D eigenvalue weighted by molar-refractivity contribution is 7.71. The SMILES string of the molecule is S=c1[nH]nc(-c2ccccc2)n1NCc1c(OCc2ccccc2Cl)ccc2ccccc12. The number of hydrogen-bond acceptors (Lipinski definition) is 4. The van der Waals surface area contributed by atoms with Crippen LogP contribution in [0.3, 0.4) is 0 Å². The number of benzene rings is 4. The van der Waals surface area contributed by atoms with Gasteiger partial charge in [0.05, 0.1) is 6.54 Å². The Kier molecular flexibility index (Phi) is 6.11. The van der Waals surface area contributed by atoms with E-state index in [-0.39, 0.29) is 0 Å². The largest absolute Gasteiger partial charge is 0.488 e. The first-order chi connectivity index (χ1) is 16.2. The number of nitrogens with zero attached hydrogens (tertiary/aromatic N) is 2. The first-order valence-corrected chi connectivity index (χ1v) is 11.3. The molecule has 5 rings (SSSR count). The maximum Gasteiger partial charge on any atom is 0.214 e. The summed E-state index contributed by atoms with van der Waals surface area (Å²) >= 11 is 11.8. The fourth-order valence-corrected chi connectivity index (χ4v) is 4.17. The van der Waals surface area contributed by atoms with Gasteiger partial charge < -0.3 is 10.2 Å². The van der Waals surface area contributed by atoms with Crippen molar-refractivity contribution >= 4 is 34.6 Å². The zero-order chi connectivity index (χ0) is 22.6. The van der Waals surface area contributed by atoms with E-state index < -0.39 is 0 Å². The third-order valence-electron chi connectivity index (χ3n) is 5.46. The maximum absolute atomic E-state index is 6.33. The van der Waals surface area contributed by atoms with Crippen LogP contribution in [0.1, 0.15) is 11.1 Å². The zero-order valence-electron chi connectivity index (χ0n) is 17.7. The van der Waals surface area contributed by atoms with Crippen molar-refractivity contribution < 1.29 is 4.74 Å². The van der Waals surface area contributed by atoms with Crippen molar-refractivity contribution in [3.63, 3.8) is 0 Å². The molecule has 4 aromatic carbocycles. The molecular weight excluding hydrogens is 452 g/mol. The zero-order valence-corrected chi connectivity index (χ0v) is 19.2. The summed E-state index contributed by atoms with van der Waals surface area (Å²) < 4.78 is 8.53. The van der Waals surface area contributed by atoms with Crippen LogP contribution in [-0.4, -0.2) is 14.9 Å². The molecule has 0 atom stereocenters. The lowest BCUT2D eigenvalue weighted by molar-refractivity contribution is 0.303. The van der Waals surface area contributed by atoms with Gasteiger partial charge in [-0.15, -0.1) is 0 Å². The van der Waals surface area contributed by atoms with Gasteiger partial charge in [-0.1, -0.05) is 90.5 Å². The number of nitrogens with one attached hydrogen (secondary N) is 2. The summed E-state index contributed by atoms with van der Waals surface area (Å²) in [6.07, 6.45) is 0. The van der Waals surface area contributed by atoms with Crippen LogP contribution in [0.25, 0.3) is 22.2 Å². The predicted molar refractivity (Wildman–Crippen MR) is 136 cm³/mol. The molecule has 33 heavy (non-hydrogen) atoms. The first kappa shape index (κ1) is 21.2. The monoisotopic (exact) mass is 472 g/mol. The number of fused-ring (bicyclic) bond motifs is 1. The van der Waals surface area contributed by atoms with Crippen LogP contribution in [-0.2, 0) is 13.2 Å². The van der Waals surface area contributed by atoms with Crippen molar-refractivity contribution in [2.75, 3.05) is 5.43 Å². The lowest BCUT2D eigenvalue weighted by Gasteiger charge is -2.17. The summed E-state index contributed by atoms with van der Waals surface area (Å²) in [6.45, 7) is 0.873. The number of halogens is 1. The predicted octanol–water partition coefficient (Wildman–Crippen LogP) is 6.74. The van der Waals surface area contributed by atoms with Crippen LogP contribution < -0.4 is 10.2 Å². The Morgan fingerprint density at radius 2 is 1.67 bits per heavy atom. The molecule has 2 N–H and O–H groups in total. The fraction of sp³-hybridized carbons (Fsp3) is 0.0769. The standard InChI is InChI=1S/C26H21ClN4OS/c27-23-13-7-5-11-20(23)17-32-24-15-14-18-8-4-6-12-21(18)22(24)16-28-31-25(29-30-26(31)33)19-9-2-1-3-10-19/h1-15,28H,16-17H2,(H,30,33). The van der Waals surface area contributed by atoms with E-state index in [0.717, 1.165) is 39.0 Å². The van der Waals surface area contributed by atoms with E-state index in [9.17, 15) is 0 Å². The molecule has 1 aromatic heterocycles. The highest BCUT2D eigenvalue weighted by atomic mass is 35.5. The quantitative estimate of drug-likeness (QED) is 0.258. The van der Waals surface area contributed by atoms with Crippen LogP contribution in [0.5, 0.6) is 5.75 Å². The van der Waals surface area contributed by atoms with Crippen LogP contribution in [0.15, 0.2) is 91.0 Å². The molecule has 0 aliphatic heterocycles. The summed E-state index contributed by atoms with van der Waals surface area (Å²) in [7, 11) is 0. The molecule has 5 nitrogen and oxygen atoms in total. The van der Waals surface area contributed by atoms with Gasteiger partial charge in [0, 0.05) is 21.7 Å². The van der Waals surface area contributed by atoms with Gasteiger partial charge in [-0.3, -0.25) is 0 Å². The Balaban J connectivity index is 1.48. The molecule has 1 heterocycles. The van der Waals surface area contributed by atoms with Gasteiger partial charge in [0.25, 0.3) is 0 Å². The van der Waals surface area contributed by atoms with Gasteiger partial charge in [0.2, 0.25) is 4.77 Å². The molecule has 7 heteroatoms. The fourth-order valence-electron chi connectivity index (χ4n) is 3.79. The van der Waals surface area contributed by atoms with Crippen LogP contribution in [0.2, 0.25) is 5.02 Å². The van der Waals surface area contributed by atoms with Crippen molar-refractivity contribution in [3.8, 4) is 17.1 Å². The van der Waals surface area contributed by atoms with Crippen molar-refractivity contribution in [2.24, 2.45) is 0 Å². The molecule has 0 bridgehead atoms. The van der Waals surface area contributed by atoms with E-state index in [0.29, 0.717) is 22.9 Å². The molecule has 164 valence electrons. The lowest BCUT2D eigenvalue weighted by Crippen LogP contribution is -2.17. The maximum atomic E-state index is 6.33. The van der Waals surface area contributed by atoms with Gasteiger partial charge in [0.15, 0.2) is 5.82 Å². The molecule has 0 radical (unpaired) electrons. The highest BCUT2D eigenvalue weighted by Gasteiger charge is 2.13. The summed E-state index contributed by atoms with van der Waals surface area (Å²) in [6, 6.07) is 30.0. The molecule has 0 amide bonds. The van der Waals surface area contributed by atoms with Crippen LogP contribution >= 0.6 is 23.8 Å². The van der Waals surface area contributed by atoms with Crippen LogP contribution in [0, 0.1) is 4.77 Å². The second kappa shape index (κ2) is 9.48. The first-order valence-electron chi connectivity index (χ1n) is 10.5. The van der Waals surface area contributed by atoms with Gasteiger partial charge in [0.1, 0.15) is 12.4 Å². The third kappa shape index (κ3) is 4.49. The normalized spacial score (nSPS) is 10.9. The summed E-state index contributed by atoms with van der Waals surface area (Å²) in [5.41, 5.74) is 6.36. The topological polar surface area (TPSA) is 54.9 Å². The Morgan fingerprint density at radius 3 is 2.52 bits per heavy atom. The van der Waals surface area contributed by atoms with Crippen molar-refractivity contribution in [2.45, 2.75) is 13.2 Å². The van der Waals surface area contributed by atoms with Crippen molar-refractivity contribution in [1.29, 1.82) is 0 Å². The number of aromatic nitrogens is 3. The van der Waals surface area contributed by atoms with E-state index in [2.05, 4.69) is 33.8 Å². The molecule has 5 aromatic rings.